The summed E-state index contributed by atoms with van der Waals surface area (Å²) < 4.78 is 52.1. The maximum absolute atomic E-state index is 14.2. The predicted octanol–water partition coefficient (Wildman–Crippen LogP) is 3.19. The Morgan fingerprint density at radius 2 is 1.85 bits per heavy atom. The Morgan fingerprint density at radius 1 is 1.18 bits per heavy atom. The van der Waals surface area contributed by atoms with Gasteiger partial charge in [0, 0.05) is 31.9 Å². The summed E-state index contributed by atoms with van der Waals surface area (Å²) in [5, 5.41) is 2.88. The second kappa shape index (κ2) is 11.2. The van der Waals surface area contributed by atoms with Crippen LogP contribution < -0.4 is 15.0 Å². The number of amides is 1. The van der Waals surface area contributed by atoms with Gasteiger partial charge in [0.05, 0.1) is 36.8 Å². The van der Waals surface area contributed by atoms with Crippen molar-refractivity contribution in [2.45, 2.75) is 31.7 Å². The SMILES string of the molecule is CCN(CC)S(=O)(=O)c1ccc(N2CCOCC2)c(C(=O)NC(C)c2ccc(OC)c(F)c2)c1. The minimum atomic E-state index is -3.75. The van der Waals surface area contributed by atoms with Crippen LogP contribution in [0.25, 0.3) is 0 Å². The number of hydrogen-bond donors (Lipinski definition) is 1. The van der Waals surface area contributed by atoms with Crippen LogP contribution in [0.3, 0.4) is 0 Å². The van der Waals surface area contributed by atoms with Crippen LogP contribution >= 0.6 is 0 Å². The zero-order valence-corrected chi connectivity index (χ0v) is 20.8. The molecule has 1 unspecified atom stereocenters. The van der Waals surface area contributed by atoms with Gasteiger partial charge in [-0.15, -0.1) is 0 Å². The molecule has 0 radical (unpaired) electrons. The predicted molar refractivity (Wildman–Crippen MR) is 128 cm³/mol. The third-order valence-electron chi connectivity index (χ3n) is 5.93. The molecule has 0 aromatic heterocycles. The molecule has 1 aliphatic rings. The van der Waals surface area contributed by atoms with Crippen molar-refractivity contribution in [1.82, 2.24) is 9.62 Å². The Bertz CT molecular complexity index is 1120. The summed E-state index contributed by atoms with van der Waals surface area (Å²) in [6.07, 6.45) is 0. The van der Waals surface area contributed by atoms with Crippen LogP contribution in [0.15, 0.2) is 41.3 Å². The van der Waals surface area contributed by atoms with Gasteiger partial charge < -0.3 is 19.7 Å². The number of halogens is 1. The fourth-order valence-corrected chi connectivity index (χ4v) is 5.44. The van der Waals surface area contributed by atoms with Crippen LogP contribution in [0.2, 0.25) is 0 Å². The molecule has 0 bridgehead atoms. The lowest BCUT2D eigenvalue weighted by Crippen LogP contribution is -2.38. The highest BCUT2D eigenvalue weighted by Crippen LogP contribution is 2.28. The van der Waals surface area contributed by atoms with Crippen molar-refractivity contribution in [1.29, 1.82) is 0 Å². The van der Waals surface area contributed by atoms with Crippen molar-refractivity contribution in [3.05, 3.63) is 53.3 Å². The van der Waals surface area contributed by atoms with E-state index >= 15 is 0 Å². The van der Waals surface area contributed by atoms with E-state index in [9.17, 15) is 17.6 Å². The normalized spacial score (nSPS) is 15.3. The lowest BCUT2D eigenvalue weighted by Gasteiger charge is -2.31. The standard InChI is InChI=1S/C24H32FN3O5S/c1-5-28(6-2)34(30,31)19-8-9-22(27-11-13-33-14-12-27)20(16-19)24(29)26-17(3)18-7-10-23(32-4)21(25)15-18/h7-10,15-17H,5-6,11-14H2,1-4H3,(H,26,29). The van der Waals surface area contributed by atoms with Gasteiger partial charge in [0.1, 0.15) is 0 Å². The fraction of sp³-hybridized carbons (Fsp3) is 0.458. The number of ether oxygens (including phenoxy) is 2. The summed E-state index contributed by atoms with van der Waals surface area (Å²) >= 11 is 0. The van der Waals surface area contributed by atoms with Gasteiger partial charge in [0.25, 0.3) is 5.91 Å². The summed E-state index contributed by atoms with van der Waals surface area (Å²) in [6.45, 7) is 8.13. The molecule has 1 amide bonds. The van der Waals surface area contributed by atoms with Crippen molar-refractivity contribution in [2.75, 3.05) is 51.4 Å². The molecule has 1 saturated heterocycles. The van der Waals surface area contributed by atoms with Crippen LogP contribution in [0.5, 0.6) is 5.75 Å². The molecule has 34 heavy (non-hydrogen) atoms. The van der Waals surface area contributed by atoms with Gasteiger partial charge in [0.15, 0.2) is 11.6 Å². The Labute approximate surface area is 200 Å². The zero-order valence-electron chi connectivity index (χ0n) is 20.0. The van der Waals surface area contributed by atoms with E-state index < -0.39 is 27.8 Å². The van der Waals surface area contributed by atoms with Crippen LogP contribution in [0.1, 0.15) is 42.7 Å². The van der Waals surface area contributed by atoms with Crippen LogP contribution in [0.4, 0.5) is 10.1 Å². The number of morpholine rings is 1. The maximum atomic E-state index is 14.2. The van der Waals surface area contributed by atoms with Gasteiger partial charge in [-0.3, -0.25) is 4.79 Å². The van der Waals surface area contributed by atoms with E-state index in [1.165, 1.54) is 35.7 Å². The molecule has 2 aromatic carbocycles. The first-order valence-electron chi connectivity index (χ1n) is 11.3. The minimum Gasteiger partial charge on any atom is -0.494 e. The topological polar surface area (TPSA) is 88.2 Å². The Balaban J connectivity index is 1.97. The lowest BCUT2D eigenvalue weighted by atomic mass is 10.1. The molecule has 186 valence electrons. The van der Waals surface area contributed by atoms with Crippen molar-refractivity contribution < 1.29 is 27.1 Å². The van der Waals surface area contributed by atoms with E-state index in [-0.39, 0.29) is 16.2 Å². The average molecular weight is 494 g/mol. The summed E-state index contributed by atoms with van der Waals surface area (Å²) in [5.41, 5.74) is 1.44. The highest BCUT2D eigenvalue weighted by atomic mass is 32.2. The molecule has 1 atom stereocenters. The fourth-order valence-electron chi connectivity index (χ4n) is 3.96. The summed E-state index contributed by atoms with van der Waals surface area (Å²) in [4.78, 5) is 15.5. The number of methoxy groups -OCH3 is 1. The molecule has 1 aliphatic heterocycles. The molecular weight excluding hydrogens is 461 g/mol. The second-order valence-corrected chi connectivity index (χ2v) is 9.89. The lowest BCUT2D eigenvalue weighted by molar-refractivity contribution is 0.0938. The number of nitrogens with one attached hydrogen (secondary N) is 1. The number of rotatable bonds is 9. The molecule has 10 heteroatoms. The van der Waals surface area contributed by atoms with E-state index in [1.807, 2.05) is 4.90 Å². The third kappa shape index (κ3) is 5.51. The first-order valence-corrected chi connectivity index (χ1v) is 12.8. The van der Waals surface area contributed by atoms with E-state index in [0.717, 1.165) is 0 Å². The van der Waals surface area contributed by atoms with Crippen molar-refractivity contribution in [3.63, 3.8) is 0 Å². The van der Waals surface area contributed by atoms with Gasteiger partial charge in [0.2, 0.25) is 10.0 Å². The molecular formula is C24H32FN3O5S. The highest BCUT2D eigenvalue weighted by molar-refractivity contribution is 7.89. The van der Waals surface area contributed by atoms with Crippen molar-refractivity contribution in [2.24, 2.45) is 0 Å². The summed E-state index contributed by atoms with van der Waals surface area (Å²) in [6, 6.07) is 8.61. The monoisotopic (exact) mass is 493 g/mol. The Morgan fingerprint density at radius 3 is 2.44 bits per heavy atom. The number of hydrogen-bond acceptors (Lipinski definition) is 6. The van der Waals surface area contributed by atoms with Gasteiger partial charge in [-0.1, -0.05) is 19.9 Å². The van der Waals surface area contributed by atoms with Crippen LogP contribution in [-0.4, -0.2) is 65.1 Å². The van der Waals surface area contributed by atoms with Crippen LogP contribution in [0, 0.1) is 5.82 Å². The number of benzene rings is 2. The molecule has 0 spiro atoms. The van der Waals surface area contributed by atoms with Gasteiger partial charge in [-0.25, -0.2) is 12.8 Å². The molecule has 0 saturated carbocycles. The van der Waals surface area contributed by atoms with Crippen molar-refractivity contribution in [3.8, 4) is 5.75 Å². The Hall–Kier alpha value is -2.69. The largest absolute Gasteiger partial charge is 0.494 e. The third-order valence-corrected chi connectivity index (χ3v) is 7.98. The van der Waals surface area contributed by atoms with E-state index in [2.05, 4.69) is 5.32 Å². The van der Waals surface area contributed by atoms with Gasteiger partial charge in [-0.05, 0) is 42.8 Å². The molecule has 1 N–H and O–H groups in total. The highest BCUT2D eigenvalue weighted by Gasteiger charge is 2.27. The van der Waals surface area contributed by atoms with Crippen molar-refractivity contribution >= 4 is 21.6 Å². The molecule has 2 aromatic rings. The molecule has 3 rings (SSSR count). The number of sulfonamides is 1. The minimum absolute atomic E-state index is 0.0569. The van der Waals surface area contributed by atoms with E-state index in [1.54, 1.807) is 32.9 Å². The van der Waals surface area contributed by atoms with Gasteiger partial charge >= 0.3 is 0 Å². The second-order valence-electron chi connectivity index (χ2n) is 7.96. The molecule has 1 heterocycles. The smallest absolute Gasteiger partial charge is 0.253 e. The van der Waals surface area contributed by atoms with E-state index in [0.29, 0.717) is 50.6 Å². The number of nitrogens with zero attached hydrogens (tertiary/aromatic N) is 2. The Kier molecular flexibility index (Phi) is 8.51. The molecule has 0 aliphatic carbocycles. The summed E-state index contributed by atoms with van der Waals surface area (Å²) in [7, 11) is -2.37. The molecule has 1 fully saturated rings. The first kappa shape index (κ1) is 25.9. The van der Waals surface area contributed by atoms with E-state index in [4.69, 9.17) is 9.47 Å². The maximum Gasteiger partial charge on any atom is 0.253 e. The summed E-state index contributed by atoms with van der Waals surface area (Å²) in [5.74, 6) is -0.851. The molecule has 8 nitrogen and oxygen atoms in total. The number of carbonyl (C=O) groups excluding carboxylic acids is 1. The number of anilines is 1. The first-order chi connectivity index (χ1) is 16.2. The number of carbonyl (C=O) groups is 1. The van der Waals surface area contributed by atoms with Gasteiger partial charge in [-0.2, -0.15) is 4.31 Å². The zero-order chi connectivity index (χ0) is 24.9. The average Bonchev–Trinajstić information content (AvgIpc) is 2.84. The van der Waals surface area contributed by atoms with Crippen LogP contribution in [-0.2, 0) is 14.8 Å². The quantitative estimate of drug-likeness (QED) is 0.577.